The van der Waals surface area contributed by atoms with Crippen molar-refractivity contribution < 1.29 is 9.18 Å². The van der Waals surface area contributed by atoms with Crippen LogP contribution in [-0.2, 0) is 0 Å². The van der Waals surface area contributed by atoms with Gasteiger partial charge >= 0.3 is 0 Å². The number of pyridine rings is 1. The van der Waals surface area contributed by atoms with Crippen LogP contribution in [0.3, 0.4) is 0 Å². The molecule has 0 unspecified atom stereocenters. The molecule has 0 fully saturated rings. The van der Waals surface area contributed by atoms with Crippen molar-refractivity contribution in [1.82, 2.24) is 15.2 Å². The first-order valence-electron chi connectivity index (χ1n) is 5.55. The number of halogens is 1. The van der Waals surface area contributed by atoms with Gasteiger partial charge in [0.1, 0.15) is 17.0 Å². The number of fused-ring (bicyclic) bond motifs is 1. The fourth-order valence-electron chi connectivity index (χ4n) is 1.93. The van der Waals surface area contributed by atoms with Crippen molar-refractivity contribution in [2.75, 3.05) is 0 Å². The molecule has 2 heterocycles. The van der Waals surface area contributed by atoms with Crippen LogP contribution in [0.5, 0.6) is 0 Å². The molecule has 0 radical (unpaired) electrons. The first kappa shape index (κ1) is 11.3. The zero-order valence-electron chi connectivity index (χ0n) is 9.72. The Morgan fingerprint density at radius 2 is 1.95 bits per heavy atom. The minimum Gasteiger partial charge on any atom is -0.366 e. The van der Waals surface area contributed by atoms with Crippen molar-refractivity contribution in [1.29, 1.82) is 0 Å². The van der Waals surface area contributed by atoms with Gasteiger partial charge in [0.2, 0.25) is 0 Å². The maximum Gasteiger partial charge on any atom is 0.251 e. The lowest BCUT2D eigenvalue weighted by Crippen LogP contribution is -2.11. The number of benzene rings is 1. The van der Waals surface area contributed by atoms with E-state index in [2.05, 4.69) is 15.2 Å². The van der Waals surface area contributed by atoms with Crippen LogP contribution in [0.25, 0.3) is 22.3 Å². The summed E-state index contributed by atoms with van der Waals surface area (Å²) in [5.41, 5.74) is 7.88. The van der Waals surface area contributed by atoms with Gasteiger partial charge in [0, 0.05) is 11.8 Å². The monoisotopic (exact) mass is 256 g/mol. The number of amides is 1. The Labute approximate surface area is 107 Å². The third kappa shape index (κ3) is 1.83. The Kier molecular flexibility index (Phi) is 2.49. The lowest BCUT2D eigenvalue weighted by Gasteiger charge is -1.98. The molecule has 0 atom stereocenters. The fourth-order valence-corrected chi connectivity index (χ4v) is 1.93. The normalized spacial score (nSPS) is 10.8. The highest BCUT2D eigenvalue weighted by atomic mass is 19.1. The number of hydrogen-bond donors (Lipinski definition) is 2. The van der Waals surface area contributed by atoms with Crippen LogP contribution < -0.4 is 5.73 Å². The Morgan fingerprint density at radius 1 is 1.21 bits per heavy atom. The Morgan fingerprint density at radius 3 is 2.63 bits per heavy atom. The van der Waals surface area contributed by atoms with Crippen LogP contribution >= 0.6 is 0 Å². The number of primary amides is 1. The standard InChI is InChI=1S/C13H9FN4O/c14-8-3-1-7(2-4-8)10-12-11(18-17-10)9(13(15)19)5-6-16-12/h1-6H,(H2,15,19)(H,17,18). The molecule has 0 aliphatic rings. The van der Waals surface area contributed by atoms with Gasteiger partial charge in [0.05, 0.1) is 11.1 Å². The van der Waals surface area contributed by atoms with Gasteiger partial charge in [0.25, 0.3) is 5.91 Å². The Balaban J connectivity index is 2.24. The molecule has 2 aromatic heterocycles. The third-order valence-electron chi connectivity index (χ3n) is 2.84. The summed E-state index contributed by atoms with van der Waals surface area (Å²) in [6.45, 7) is 0. The molecule has 0 saturated heterocycles. The molecule has 0 bridgehead atoms. The van der Waals surface area contributed by atoms with Gasteiger partial charge in [-0.2, -0.15) is 5.10 Å². The first-order chi connectivity index (χ1) is 9.16. The molecule has 0 spiro atoms. The molecule has 3 rings (SSSR count). The van der Waals surface area contributed by atoms with Crippen molar-refractivity contribution >= 4 is 16.9 Å². The van der Waals surface area contributed by atoms with Gasteiger partial charge < -0.3 is 5.73 Å². The Bertz CT molecular complexity index is 764. The summed E-state index contributed by atoms with van der Waals surface area (Å²) in [6.07, 6.45) is 1.49. The largest absolute Gasteiger partial charge is 0.366 e. The van der Waals surface area contributed by atoms with Gasteiger partial charge in [0.15, 0.2) is 0 Å². The average Bonchev–Trinajstić information content (AvgIpc) is 2.83. The lowest BCUT2D eigenvalue weighted by molar-refractivity contribution is 0.100. The molecule has 94 valence electrons. The number of nitrogens with zero attached hydrogens (tertiary/aromatic N) is 2. The second-order valence-electron chi connectivity index (χ2n) is 4.03. The summed E-state index contributed by atoms with van der Waals surface area (Å²) in [7, 11) is 0. The van der Waals surface area contributed by atoms with Gasteiger partial charge in [-0.1, -0.05) is 0 Å². The van der Waals surface area contributed by atoms with E-state index in [-0.39, 0.29) is 5.82 Å². The number of aromatic amines is 1. The van der Waals surface area contributed by atoms with E-state index in [4.69, 9.17) is 5.73 Å². The van der Waals surface area contributed by atoms with Gasteiger partial charge in [-0.25, -0.2) is 4.39 Å². The smallest absolute Gasteiger partial charge is 0.251 e. The van der Waals surface area contributed by atoms with Crippen molar-refractivity contribution in [3.63, 3.8) is 0 Å². The van der Waals surface area contributed by atoms with Crippen LogP contribution in [0.1, 0.15) is 10.4 Å². The number of carbonyl (C=O) groups excluding carboxylic acids is 1. The van der Waals surface area contributed by atoms with Gasteiger partial charge in [-0.05, 0) is 30.3 Å². The molecule has 0 aliphatic carbocycles. The quantitative estimate of drug-likeness (QED) is 0.734. The Hall–Kier alpha value is -2.76. The maximum atomic E-state index is 12.9. The van der Waals surface area contributed by atoms with Crippen molar-refractivity contribution in [2.24, 2.45) is 5.73 Å². The van der Waals surface area contributed by atoms with Gasteiger partial charge in [-0.15, -0.1) is 0 Å². The molecule has 19 heavy (non-hydrogen) atoms. The first-order valence-corrected chi connectivity index (χ1v) is 5.55. The predicted molar refractivity (Wildman–Crippen MR) is 67.8 cm³/mol. The molecule has 3 aromatic rings. The predicted octanol–water partition coefficient (Wildman–Crippen LogP) is 1.86. The zero-order chi connectivity index (χ0) is 13.4. The minimum absolute atomic E-state index is 0.325. The van der Waals surface area contributed by atoms with E-state index in [0.29, 0.717) is 27.9 Å². The van der Waals surface area contributed by atoms with E-state index in [1.54, 1.807) is 12.1 Å². The third-order valence-corrected chi connectivity index (χ3v) is 2.84. The zero-order valence-corrected chi connectivity index (χ0v) is 9.72. The van der Waals surface area contributed by atoms with E-state index in [1.807, 2.05) is 0 Å². The molecule has 1 aromatic carbocycles. The van der Waals surface area contributed by atoms with E-state index in [0.717, 1.165) is 0 Å². The van der Waals surface area contributed by atoms with Gasteiger partial charge in [-0.3, -0.25) is 14.9 Å². The molecular weight excluding hydrogens is 247 g/mol. The van der Waals surface area contributed by atoms with Crippen LogP contribution in [0, 0.1) is 5.82 Å². The van der Waals surface area contributed by atoms with Crippen LogP contribution in [-0.4, -0.2) is 21.1 Å². The van der Waals surface area contributed by atoms with E-state index in [9.17, 15) is 9.18 Å². The highest BCUT2D eigenvalue weighted by Gasteiger charge is 2.14. The average molecular weight is 256 g/mol. The summed E-state index contributed by atoms with van der Waals surface area (Å²) in [6, 6.07) is 7.41. The van der Waals surface area contributed by atoms with Crippen molar-refractivity contribution in [2.45, 2.75) is 0 Å². The number of hydrogen-bond acceptors (Lipinski definition) is 3. The molecular formula is C13H9FN4O. The summed E-state index contributed by atoms with van der Waals surface area (Å²) >= 11 is 0. The molecule has 6 heteroatoms. The van der Waals surface area contributed by atoms with Crippen LogP contribution in [0.4, 0.5) is 4.39 Å². The van der Waals surface area contributed by atoms with E-state index >= 15 is 0 Å². The number of nitrogens with two attached hydrogens (primary N) is 1. The topological polar surface area (TPSA) is 84.7 Å². The van der Waals surface area contributed by atoms with Crippen LogP contribution in [0.2, 0.25) is 0 Å². The molecule has 3 N–H and O–H groups in total. The minimum atomic E-state index is -0.554. The summed E-state index contributed by atoms with van der Waals surface area (Å²) < 4.78 is 12.9. The number of H-pyrrole nitrogens is 1. The fraction of sp³-hybridized carbons (Fsp3) is 0. The summed E-state index contributed by atoms with van der Waals surface area (Å²) in [5.74, 6) is -0.879. The van der Waals surface area contributed by atoms with E-state index in [1.165, 1.54) is 24.4 Å². The maximum absolute atomic E-state index is 12.9. The van der Waals surface area contributed by atoms with Crippen LogP contribution in [0.15, 0.2) is 36.5 Å². The number of nitrogens with one attached hydrogen (secondary N) is 1. The molecule has 0 aliphatic heterocycles. The molecule has 5 nitrogen and oxygen atoms in total. The van der Waals surface area contributed by atoms with Crippen molar-refractivity contribution in [3.05, 3.63) is 47.9 Å². The molecule has 0 saturated carbocycles. The summed E-state index contributed by atoms with van der Waals surface area (Å²) in [4.78, 5) is 15.5. The highest BCUT2D eigenvalue weighted by Crippen LogP contribution is 2.26. The number of rotatable bonds is 2. The second-order valence-corrected chi connectivity index (χ2v) is 4.03. The molecule has 1 amide bonds. The highest BCUT2D eigenvalue weighted by molar-refractivity contribution is 6.06. The van der Waals surface area contributed by atoms with E-state index < -0.39 is 5.91 Å². The SMILES string of the molecule is NC(=O)c1ccnc2c(-c3ccc(F)cc3)n[nH]c12. The summed E-state index contributed by atoms with van der Waals surface area (Å²) in [5, 5.41) is 6.86. The number of carbonyl (C=O) groups is 1. The van der Waals surface area contributed by atoms with Crippen molar-refractivity contribution in [3.8, 4) is 11.3 Å². The second kappa shape index (κ2) is 4.16. The number of aromatic nitrogens is 3. The lowest BCUT2D eigenvalue weighted by atomic mass is 10.1.